The van der Waals surface area contributed by atoms with Crippen molar-refractivity contribution in [3.63, 3.8) is 0 Å². The number of carbonyl (C=O) groups excluding carboxylic acids is 1. The van der Waals surface area contributed by atoms with Crippen molar-refractivity contribution in [2.45, 2.75) is 19.8 Å². The quantitative estimate of drug-likeness (QED) is 0.839. The predicted molar refractivity (Wildman–Crippen MR) is 73.1 cm³/mol. The first-order valence-electron chi connectivity index (χ1n) is 6.07. The molecule has 0 bridgehead atoms. The lowest BCUT2D eigenvalue weighted by Crippen LogP contribution is -2.40. The molecule has 1 aliphatic rings. The Bertz CT molecular complexity index is 445. The fourth-order valence-electron chi connectivity index (χ4n) is 1.99. The number of halogens is 2. The minimum Gasteiger partial charge on any atom is -0.325 e. The molecule has 1 aromatic rings. The van der Waals surface area contributed by atoms with Crippen molar-refractivity contribution in [2.24, 2.45) is 5.92 Å². The fraction of sp³-hybridized carbons (Fsp3) is 0.462. The Labute approximate surface area is 114 Å². The molecular formula is C13H16BrFN2O. The van der Waals surface area contributed by atoms with E-state index in [1.54, 1.807) is 17.0 Å². The second-order valence-corrected chi connectivity index (χ2v) is 5.58. The third-order valence-electron chi connectivity index (χ3n) is 3.24. The molecule has 0 saturated carbocycles. The predicted octanol–water partition coefficient (Wildman–Crippen LogP) is 3.85. The van der Waals surface area contributed by atoms with Gasteiger partial charge >= 0.3 is 6.03 Å². The second kappa shape index (κ2) is 5.69. The summed E-state index contributed by atoms with van der Waals surface area (Å²) >= 11 is 3.08. The van der Waals surface area contributed by atoms with Crippen LogP contribution in [0.2, 0.25) is 0 Å². The van der Waals surface area contributed by atoms with Crippen molar-refractivity contribution < 1.29 is 9.18 Å². The van der Waals surface area contributed by atoms with E-state index in [-0.39, 0.29) is 11.8 Å². The van der Waals surface area contributed by atoms with Gasteiger partial charge in [-0.15, -0.1) is 0 Å². The zero-order valence-electron chi connectivity index (χ0n) is 10.2. The summed E-state index contributed by atoms with van der Waals surface area (Å²) in [7, 11) is 0. The Kier molecular flexibility index (Phi) is 4.22. The second-order valence-electron chi connectivity index (χ2n) is 4.73. The van der Waals surface area contributed by atoms with Crippen molar-refractivity contribution in [1.82, 2.24) is 4.90 Å². The number of anilines is 1. The van der Waals surface area contributed by atoms with Gasteiger partial charge in [0.25, 0.3) is 0 Å². The highest BCUT2D eigenvalue weighted by atomic mass is 79.9. The van der Waals surface area contributed by atoms with E-state index < -0.39 is 0 Å². The van der Waals surface area contributed by atoms with Gasteiger partial charge in [-0.2, -0.15) is 0 Å². The summed E-state index contributed by atoms with van der Waals surface area (Å²) in [4.78, 5) is 13.7. The molecule has 18 heavy (non-hydrogen) atoms. The highest BCUT2D eigenvalue weighted by Crippen LogP contribution is 2.21. The van der Waals surface area contributed by atoms with Crippen molar-refractivity contribution in [3.8, 4) is 0 Å². The molecule has 1 aliphatic heterocycles. The van der Waals surface area contributed by atoms with Crippen LogP contribution >= 0.6 is 15.9 Å². The summed E-state index contributed by atoms with van der Waals surface area (Å²) in [5.74, 6) is 0.305. The van der Waals surface area contributed by atoms with Crippen LogP contribution in [-0.2, 0) is 0 Å². The first kappa shape index (κ1) is 13.3. The maximum Gasteiger partial charge on any atom is 0.321 e. The van der Waals surface area contributed by atoms with Crippen LogP contribution in [-0.4, -0.2) is 24.0 Å². The zero-order valence-corrected chi connectivity index (χ0v) is 11.8. The number of rotatable bonds is 1. The molecule has 0 aromatic heterocycles. The van der Waals surface area contributed by atoms with Crippen LogP contribution in [0, 0.1) is 11.7 Å². The molecule has 0 aliphatic carbocycles. The van der Waals surface area contributed by atoms with Gasteiger partial charge < -0.3 is 10.2 Å². The minimum absolute atomic E-state index is 0.149. The Morgan fingerprint density at radius 2 is 2.11 bits per heavy atom. The molecule has 5 heteroatoms. The summed E-state index contributed by atoms with van der Waals surface area (Å²) in [5, 5.41) is 2.72. The molecule has 1 N–H and O–H groups in total. The van der Waals surface area contributed by atoms with Crippen LogP contribution < -0.4 is 5.32 Å². The number of likely N-dealkylation sites (tertiary alicyclic amines) is 1. The van der Waals surface area contributed by atoms with Crippen molar-refractivity contribution in [1.29, 1.82) is 0 Å². The zero-order chi connectivity index (χ0) is 13.1. The molecule has 0 radical (unpaired) electrons. The van der Waals surface area contributed by atoms with Gasteiger partial charge in [0.2, 0.25) is 0 Å². The molecule has 3 nitrogen and oxygen atoms in total. The Morgan fingerprint density at radius 1 is 1.44 bits per heavy atom. The van der Waals surface area contributed by atoms with E-state index in [0.717, 1.165) is 25.9 Å². The van der Waals surface area contributed by atoms with E-state index in [4.69, 9.17) is 0 Å². The van der Waals surface area contributed by atoms with Crippen LogP contribution in [0.25, 0.3) is 0 Å². The minimum atomic E-state index is -0.375. The number of piperidine rings is 1. The van der Waals surface area contributed by atoms with E-state index in [9.17, 15) is 9.18 Å². The van der Waals surface area contributed by atoms with Gasteiger partial charge in [-0.3, -0.25) is 0 Å². The first-order chi connectivity index (χ1) is 8.56. The van der Waals surface area contributed by atoms with Crippen LogP contribution in [0.3, 0.4) is 0 Å². The molecule has 1 aromatic carbocycles. The number of hydrogen-bond donors (Lipinski definition) is 1. The molecule has 98 valence electrons. The maximum absolute atomic E-state index is 13.3. The van der Waals surface area contributed by atoms with Gasteiger partial charge in [0.05, 0.1) is 4.47 Å². The normalized spacial score (nSPS) is 16.7. The highest BCUT2D eigenvalue weighted by Gasteiger charge is 2.20. The monoisotopic (exact) mass is 314 g/mol. The van der Waals surface area contributed by atoms with E-state index in [0.29, 0.717) is 16.1 Å². The van der Waals surface area contributed by atoms with Gasteiger partial charge in [0, 0.05) is 18.8 Å². The Balaban J connectivity index is 1.96. The largest absolute Gasteiger partial charge is 0.325 e. The van der Waals surface area contributed by atoms with E-state index in [1.165, 1.54) is 6.07 Å². The van der Waals surface area contributed by atoms with Crippen molar-refractivity contribution in [2.75, 3.05) is 18.4 Å². The van der Waals surface area contributed by atoms with Gasteiger partial charge in [-0.1, -0.05) is 6.92 Å². The lowest BCUT2D eigenvalue weighted by atomic mass is 10.00. The lowest BCUT2D eigenvalue weighted by molar-refractivity contribution is 0.186. The molecule has 0 atom stereocenters. The molecule has 1 heterocycles. The van der Waals surface area contributed by atoms with Crippen LogP contribution in [0.5, 0.6) is 0 Å². The number of hydrogen-bond acceptors (Lipinski definition) is 1. The molecule has 2 amide bonds. The number of urea groups is 1. The number of benzene rings is 1. The summed E-state index contributed by atoms with van der Waals surface area (Å²) in [6.45, 7) is 3.73. The summed E-state index contributed by atoms with van der Waals surface area (Å²) in [5.41, 5.74) is 0.485. The maximum atomic E-state index is 13.3. The topological polar surface area (TPSA) is 32.3 Å². The molecule has 0 unspecified atom stereocenters. The Hall–Kier alpha value is -1.10. The standard InChI is InChI=1S/C13H16BrFN2O/c1-9-4-6-17(7-5-9)13(18)16-10-2-3-11(14)12(15)8-10/h2-3,8-9H,4-7H2,1H3,(H,16,18). The summed E-state index contributed by atoms with van der Waals surface area (Å²) in [6.07, 6.45) is 2.06. The lowest BCUT2D eigenvalue weighted by Gasteiger charge is -2.30. The van der Waals surface area contributed by atoms with Crippen molar-refractivity contribution in [3.05, 3.63) is 28.5 Å². The van der Waals surface area contributed by atoms with E-state index in [1.807, 2.05) is 0 Å². The van der Waals surface area contributed by atoms with Gasteiger partial charge in [0.15, 0.2) is 0 Å². The smallest absolute Gasteiger partial charge is 0.321 e. The van der Waals surface area contributed by atoms with Crippen LogP contribution in [0.1, 0.15) is 19.8 Å². The average Bonchev–Trinajstić information content (AvgIpc) is 2.34. The van der Waals surface area contributed by atoms with Gasteiger partial charge in [-0.25, -0.2) is 9.18 Å². The van der Waals surface area contributed by atoms with Crippen LogP contribution in [0.4, 0.5) is 14.9 Å². The summed E-state index contributed by atoms with van der Waals surface area (Å²) in [6, 6.07) is 4.43. The van der Waals surface area contributed by atoms with Crippen LogP contribution in [0.15, 0.2) is 22.7 Å². The number of amides is 2. The number of nitrogens with zero attached hydrogens (tertiary/aromatic N) is 1. The molecule has 2 rings (SSSR count). The van der Waals surface area contributed by atoms with Gasteiger partial charge in [-0.05, 0) is 52.9 Å². The van der Waals surface area contributed by atoms with E-state index in [2.05, 4.69) is 28.2 Å². The number of carbonyl (C=O) groups is 1. The third-order valence-corrected chi connectivity index (χ3v) is 3.88. The fourth-order valence-corrected chi connectivity index (χ4v) is 2.23. The molecule has 1 saturated heterocycles. The van der Waals surface area contributed by atoms with Gasteiger partial charge in [0.1, 0.15) is 5.82 Å². The first-order valence-corrected chi connectivity index (χ1v) is 6.86. The summed E-state index contributed by atoms with van der Waals surface area (Å²) < 4.78 is 13.7. The average molecular weight is 315 g/mol. The molecular weight excluding hydrogens is 299 g/mol. The highest BCUT2D eigenvalue weighted by molar-refractivity contribution is 9.10. The Morgan fingerprint density at radius 3 is 2.72 bits per heavy atom. The number of nitrogens with one attached hydrogen (secondary N) is 1. The molecule has 1 fully saturated rings. The van der Waals surface area contributed by atoms with E-state index >= 15 is 0 Å². The molecule has 0 spiro atoms. The SMILES string of the molecule is CC1CCN(C(=O)Nc2ccc(Br)c(F)c2)CC1. The van der Waals surface area contributed by atoms with Crippen molar-refractivity contribution >= 4 is 27.6 Å². The third kappa shape index (κ3) is 3.22.